The highest BCUT2D eigenvalue weighted by Crippen LogP contribution is 2.29. The van der Waals surface area contributed by atoms with E-state index in [2.05, 4.69) is 0 Å². The fraction of sp³-hybridized carbons (Fsp3) is 0.429. The van der Waals surface area contributed by atoms with Crippen molar-refractivity contribution in [1.82, 2.24) is 4.90 Å². The predicted molar refractivity (Wildman–Crippen MR) is 70.9 cm³/mol. The van der Waals surface area contributed by atoms with Crippen molar-refractivity contribution >= 4 is 11.8 Å². The summed E-state index contributed by atoms with van der Waals surface area (Å²) in [5.74, 6) is -0.986. The van der Waals surface area contributed by atoms with E-state index in [1.165, 1.54) is 11.9 Å². The van der Waals surface area contributed by atoms with Gasteiger partial charge in [0, 0.05) is 7.05 Å². The molecule has 5 heteroatoms. The van der Waals surface area contributed by atoms with Crippen LogP contribution in [0.3, 0.4) is 0 Å². The van der Waals surface area contributed by atoms with Crippen LogP contribution in [0.2, 0.25) is 0 Å². The first-order chi connectivity index (χ1) is 8.99. The molecule has 1 aromatic rings. The second-order valence-electron chi connectivity index (χ2n) is 4.97. The van der Waals surface area contributed by atoms with Gasteiger partial charge in [-0.3, -0.25) is 9.59 Å². The molecule has 1 aliphatic carbocycles. The summed E-state index contributed by atoms with van der Waals surface area (Å²) in [5.41, 5.74) is 7.52. The Labute approximate surface area is 112 Å². The molecule has 0 saturated heterocycles. The third-order valence-electron chi connectivity index (χ3n) is 3.43. The lowest BCUT2D eigenvalue weighted by Gasteiger charge is -2.20. The van der Waals surface area contributed by atoms with Gasteiger partial charge in [0.05, 0.1) is 12.1 Å². The standard InChI is InChI=1S/C14H18N2O3/c1-16(8-13(15)18)14(19)11-6-9-4-2-3-5-10(9)7-12(11)17/h6-7,17H,2-5,8H2,1H3,(H2,15,18). The van der Waals surface area contributed by atoms with Crippen LogP contribution >= 0.6 is 0 Å². The van der Waals surface area contributed by atoms with E-state index in [1.807, 2.05) is 0 Å². The number of hydrogen-bond donors (Lipinski definition) is 2. The minimum atomic E-state index is -0.576. The molecule has 19 heavy (non-hydrogen) atoms. The number of nitrogens with zero attached hydrogens (tertiary/aromatic N) is 1. The smallest absolute Gasteiger partial charge is 0.257 e. The van der Waals surface area contributed by atoms with E-state index in [-0.39, 0.29) is 23.8 Å². The number of rotatable bonds is 3. The molecule has 102 valence electrons. The highest BCUT2D eigenvalue weighted by atomic mass is 16.3. The zero-order chi connectivity index (χ0) is 14.0. The fourth-order valence-electron chi connectivity index (χ4n) is 2.46. The molecule has 0 radical (unpaired) electrons. The molecule has 0 atom stereocenters. The molecule has 0 unspecified atom stereocenters. The van der Waals surface area contributed by atoms with E-state index in [0.29, 0.717) is 0 Å². The molecule has 1 aromatic carbocycles. The third kappa shape index (κ3) is 2.86. The number of hydrogen-bond acceptors (Lipinski definition) is 3. The Morgan fingerprint density at radius 1 is 1.26 bits per heavy atom. The number of primary amides is 1. The first-order valence-electron chi connectivity index (χ1n) is 6.37. The van der Waals surface area contributed by atoms with Crippen molar-refractivity contribution < 1.29 is 14.7 Å². The molecule has 5 nitrogen and oxygen atoms in total. The Morgan fingerprint density at radius 2 is 1.84 bits per heavy atom. The van der Waals surface area contributed by atoms with Crippen LogP contribution in [0.15, 0.2) is 12.1 Å². The molecule has 2 rings (SSSR count). The maximum atomic E-state index is 12.1. The van der Waals surface area contributed by atoms with Gasteiger partial charge in [-0.15, -0.1) is 0 Å². The fourth-order valence-corrected chi connectivity index (χ4v) is 2.46. The van der Waals surface area contributed by atoms with Crippen LogP contribution in [0.4, 0.5) is 0 Å². The molecule has 0 aromatic heterocycles. The summed E-state index contributed by atoms with van der Waals surface area (Å²) in [5, 5.41) is 9.96. The zero-order valence-corrected chi connectivity index (χ0v) is 11.0. The second-order valence-corrected chi connectivity index (χ2v) is 4.97. The molecule has 0 saturated carbocycles. The number of benzene rings is 1. The van der Waals surface area contributed by atoms with Crippen molar-refractivity contribution in [3.8, 4) is 5.75 Å². The number of carbonyl (C=O) groups is 2. The molecule has 2 amide bonds. The quantitative estimate of drug-likeness (QED) is 0.846. The van der Waals surface area contributed by atoms with Crippen LogP contribution in [0.1, 0.15) is 34.3 Å². The second kappa shape index (κ2) is 5.30. The minimum Gasteiger partial charge on any atom is -0.507 e. The van der Waals surface area contributed by atoms with Gasteiger partial charge in [0.15, 0.2) is 0 Å². The number of fused-ring (bicyclic) bond motifs is 1. The largest absolute Gasteiger partial charge is 0.507 e. The summed E-state index contributed by atoms with van der Waals surface area (Å²) in [4.78, 5) is 24.2. The summed E-state index contributed by atoms with van der Waals surface area (Å²) in [7, 11) is 1.49. The van der Waals surface area contributed by atoms with E-state index < -0.39 is 5.91 Å². The van der Waals surface area contributed by atoms with Crippen molar-refractivity contribution in [1.29, 1.82) is 0 Å². The normalized spacial score (nSPS) is 13.7. The number of phenolic OH excluding ortho intramolecular Hbond substituents is 1. The van der Waals surface area contributed by atoms with Crippen LogP contribution in [0.5, 0.6) is 5.75 Å². The van der Waals surface area contributed by atoms with Crippen LogP contribution in [0, 0.1) is 0 Å². The molecule has 0 spiro atoms. The number of carbonyl (C=O) groups excluding carboxylic acids is 2. The number of likely N-dealkylation sites (N-methyl/N-ethyl adjacent to an activating group) is 1. The Kier molecular flexibility index (Phi) is 3.74. The van der Waals surface area contributed by atoms with Gasteiger partial charge in [-0.1, -0.05) is 0 Å². The van der Waals surface area contributed by atoms with E-state index in [0.717, 1.165) is 36.8 Å². The van der Waals surface area contributed by atoms with Crippen molar-refractivity contribution in [2.75, 3.05) is 13.6 Å². The third-order valence-corrected chi connectivity index (χ3v) is 3.43. The molecule has 0 fully saturated rings. The summed E-state index contributed by atoms with van der Waals surface area (Å²) < 4.78 is 0. The average Bonchev–Trinajstić information content (AvgIpc) is 2.36. The highest BCUT2D eigenvalue weighted by molar-refractivity contribution is 5.98. The van der Waals surface area contributed by atoms with Crippen molar-refractivity contribution in [3.05, 3.63) is 28.8 Å². The Bertz CT molecular complexity index is 526. The average molecular weight is 262 g/mol. The van der Waals surface area contributed by atoms with Gasteiger partial charge in [-0.05, 0) is 48.9 Å². The minimum absolute atomic E-state index is 0.0260. The lowest BCUT2D eigenvalue weighted by Crippen LogP contribution is -2.35. The van der Waals surface area contributed by atoms with Gasteiger partial charge in [0.25, 0.3) is 5.91 Å². The zero-order valence-electron chi connectivity index (χ0n) is 11.0. The van der Waals surface area contributed by atoms with E-state index >= 15 is 0 Å². The maximum Gasteiger partial charge on any atom is 0.257 e. The maximum absolute atomic E-state index is 12.1. The van der Waals surface area contributed by atoms with Gasteiger partial charge in [0.2, 0.25) is 5.91 Å². The first-order valence-corrected chi connectivity index (χ1v) is 6.37. The van der Waals surface area contributed by atoms with Gasteiger partial charge >= 0.3 is 0 Å². The first kappa shape index (κ1) is 13.4. The molecule has 3 N–H and O–H groups in total. The van der Waals surface area contributed by atoms with E-state index in [1.54, 1.807) is 12.1 Å². The van der Waals surface area contributed by atoms with Crippen LogP contribution < -0.4 is 5.73 Å². The SMILES string of the molecule is CN(CC(N)=O)C(=O)c1cc2c(cc1O)CCCC2. The molecular weight excluding hydrogens is 244 g/mol. The van der Waals surface area contributed by atoms with Gasteiger partial charge in [-0.25, -0.2) is 0 Å². The monoisotopic (exact) mass is 262 g/mol. The van der Waals surface area contributed by atoms with Gasteiger partial charge in [-0.2, -0.15) is 0 Å². The van der Waals surface area contributed by atoms with Crippen molar-refractivity contribution in [2.45, 2.75) is 25.7 Å². The molecule has 0 heterocycles. The van der Waals surface area contributed by atoms with Crippen LogP contribution in [-0.4, -0.2) is 35.4 Å². The summed E-state index contributed by atoms with van der Waals surface area (Å²) in [6.45, 7) is -0.157. The summed E-state index contributed by atoms with van der Waals surface area (Å²) in [6, 6.07) is 3.41. The Hall–Kier alpha value is -2.04. The topological polar surface area (TPSA) is 83.6 Å². The van der Waals surface area contributed by atoms with E-state index in [4.69, 9.17) is 5.73 Å². The number of phenols is 1. The Morgan fingerprint density at radius 3 is 2.42 bits per heavy atom. The number of nitrogens with two attached hydrogens (primary N) is 1. The summed E-state index contributed by atoms with van der Waals surface area (Å²) in [6.07, 6.45) is 4.08. The highest BCUT2D eigenvalue weighted by Gasteiger charge is 2.20. The molecular formula is C14H18N2O3. The lowest BCUT2D eigenvalue weighted by atomic mass is 9.89. The molecule has 1 aliphatic rings. The van der Waals surface area contributed by atoms with Gasteiger partial charge in [0.1, 0.15) is 5.75 Å². The van der Waals surface area contributed by atoms with Crippen molar-refractivity contribution in [2.24, 2.45) is 5.73 Å². The summed E-state index contributed by atoms with van der Waals surface area (Å²) >= 11 is 0. The molecule has 0 aliphatic heterocycles. The van der Waals surface area contributed by atoms with E-state index in [9.17, 15) is 14.7 Å². The lowest BCUT2D eigenvalue weighted by molar-refractivity contribution is -0.118. The van der Waals surface area contributed by atoms with Gasteiger partial charge < -0.3 is 15.7 Å². The van der Waals surface area contributed by atoms with Crippen LogP contribution in [0.25, 0.3) is 0 Å². The van der Waals surface area contributed by atoms with Crippen LogP contribution in [-0.2, 0) is 17.6 Å². The molecule has 0 bridgehead atoms. The number of aromatic hydroxyl groups is 1. The number of aryl methyl sites for hydroxylation is 2. The Balaban J connectivity index is 2.29. The number of amides is 2. The predicted octanol–water partition coefficient (Wildman–Crippen LogP) is 0.828. The van der Waals surface area contributed by atoms with Crippen molar-refractivity contribution in [3.63, 3.8) is 0 Å².